The maximum Gasteiger partial charge on any atom is 0.339 e. The molecule has 0 aliphatic rings. The van der Waals surface area contributed by atoms with Crippen LogP contribution in [0.25, 0.3) is 0 Å². The predicted molar refractivity (Wildman–Crippen MR) is 100 cm³/mol. The molecule has 28 heavy (non-hydrogen) atoms. The molecular formula is C20H22N2O6. The van der Waals surface area contributed by atoms with Gasteiger partial charge in [0.25, 0.3) is 0 Å². The lowest BCUT2D eigenvalue weighted by Gasteiger charge is -2.06. The average Bonchev–Trinajstić information content (AvgIpc) is 2.98. The third kappa shape index (κ3) is 4.85. The van der Waals surface area contributed by atoms with E-state index in [1.807, 2.05) is 0 Å². The summed E-state index contributed by atoms with van der Waals surface area (Å²) in [5.41, 5.74) is 2.58. The van der Waals surface area contributed by atoms with Gasteiger partial charge in [0.1, 0.15) is 0 Å². The van der Waals surface area contributed by atoms with Gasteiger partial charge in [-0.2, -0.15) is 0 Å². The van der Waals surface area contributed by atoms with Crippen LogP contribution in [0.3, 0.4) is 0 Å². The van der Waals surface area contributed by atoms with E-state index in [2.05, 4.69) is 10.3 Å². The number of carbonyl (C=O) groups is 4. The van der Waals surface area contributed by atoms with Gasteiger partial charge < -0.3 is 19.8 Å². The summed E-state index contributed by atoms with van der Waals surface area (Å²) >= 11 is 0. The Morgan fingerprint density at radius 1 is 1.04 bits per heavy atom. The van der Waals surface area contributed by atoms with Gasteiger partial charge in [0.2, 0.25) is 11.7 Å². The largest absolute Gasteiger partial charge is 0.465 e. The minimum Gasteiger partial charge on any atom is -0.465 e. The molecule has 148 valence electrons. The number of ketones is 1. The average molecular weight is 386 g/mol. The van der Waals surface area contributed by atoms with Crippen LogP contribution in [0, 0.1) is 13.8 Å². The van der Waals surface area contributed by atoms with E-state index >= 15 is 0 Å². The molecule has 8 heteroatoms. The van der Waals surface area contributed by atoms with Crippen molar-refractivity contribution in [2.45, 2.75) is 27.3 Å². The van der Waals surface area contributed by atoms with Crippen LogP contribution in [0.5, 0.6) is 0 Å². The van der Waals surface area contributed by atoms with E-state index in [1.165, 1.54) is 14.0 Å². The molecule has 1 aromatic carbocycles. The summed E-state index contributed by atoms with van der Waals surface area (Å²) < 4.78 is 9.79. The van der Waals surface area contributed by atoms with Gasteiger partial charge in [-0.05, 0) is 37.1 Å². The summed E-state index contributed by atoms with van der Waals surface area (Å²) in [6.07, 6.45) is 0. The molecule has 0 aliphatic heterocycles. The number of ether oxygens (including phenoxy) is 2. The first-order chi connectivity index (χ1) is 13.2. The number of carbonyl (C=O) groups excluding carboxylic acids is 4. The van der Waals surface area contributed by atoms with Crippen molar-refractivity contribution in [2.75, 3.05) is 13.7 Å². The lowest BCUT2D eigenvalue weighted by atomic mass is 10.1. The molecule has 2 rings (SSSR count). The second-order valence-corrected chi connectivity index (χ2v) is 6.22. The molecule has 2 N–H and O–H groups in total. The van der Waals surface area contributed by atoms with Crippen LogP contribution < -0.4 is 5.32 Å². The Kier molecular flexibility index (Phi) is 6.70. The summed E-state index contributed by atoms with van der Waals surface area (Å²) in [6, 6.07) is 6.50. The SMILES string of the molecule is COC(=O)c1c(C)[nH]c(C(=O)COC(=O)c2ccc(CNC(C)=O)cc2)c1C. The molecule has 0 aliphatic carbocycles. The van der Waals surface area contributed by atoms with Gasteiger partial charge in [0.05, 0.1) is 23.9 Å². The Hall–Kier alpha value is -3.42. The highest BCUT2D eigenvalue weighted by Gasteiger charge is 2.23. The van der Waals surface area contributed by atoms with Crippen LogP contribution in [0.4, 0.5) is 0 Å². The summed E-state index contributed by atoms with van der Waals surface area (Å²) in [5.74, 6) is -1.78. The summed E-state index contributed by atoms with van der Waals surface area (Å²) in [5, 5.41) is 2.66. The first-order valence-electron chi connectivity index (χ1n) is 8.55. The molecule has 0 unspecified atom stereocenters. The Bertz CT molecular complexity index is 912. The van der Waals surface area contributed by atoms with E-state index in [1.54, 1.807) is 38.1 Å². The number of rotatable bonds is 7. The van der Waals surface area contributed by atoms with E-state index < -0.39 is 24.3 Å². The van der Waals surface area contributed by atoms with E-state index in [4.69, 9.17) is 9.47 Å². The highest BCUT2D eigenvalue weighted by atomic mass is 16.5. The molecular weight excluding hydrogens is 364 g/mol. The Morgan fingerprint density at radius 2 is 1.68 bits per heavy atom. The highest BCUT2D eigenvalue weighted by Crippen LogP contribution is 2.19. The molecule has 0 bridgehead atoms. The first kappa shape index (κ1) is 20.9. The number of aromatic amines is 1. The number of nitrogens with one attached hydrogen (secondary N) is 2. The van der Waals surface area contributed by atoms with Crippen molar-refractivity contribution in [3.63, 3.8) is 0 Å². The maximum absolute atomic E-state index is 12.4. The van der Waals surface area contributed by atoms with Crippen molar-refractivity contribution >= 4 is 23.6 Å². The van der Waals surface area contributed by atoms with Crippen molar-refractivity contribution in [3.05, 3.63) is 57.9 Å². The molecule has 1 aromatic heterocycles. The third-order valence-electron chi connectivity index (χ3n) is 4.17. The normalized spacial score (nSPS) is 10.3. The zero-order valence-corrected chi connectivity index (χ0v) is 16.2. The zero-order chi connectivity index (χ0) is 20.8. The van der Waals surface area contributed by atoms with Gasteiger partial charge in [-0.3, -0.25) is 9.59 Å². The molecule has 0 saturated carbocycles. The number of aryl methyl sites for hydroxylation is 1. The number of aromatic nitrogens is 1. The van der Waals surface area contributed by atoms with Gasteiger partial charge >= 0.3 is 11.9 Å². The fourth-order valence-corrected chi connectivity index (χ4v) is 2.71. The Labute approximate surface area is 162 Å². The Balaban J connectivity index is 2.00. The fourth-order valence-electron chi connectivity index (χ4n) is 2.71. The Morgan fingerprint density at radius 3 is 2.25 bits per heavy atom. The van der Waals surface area contributed by atoms with Crippen molar-refractivity contribution in [3.8, 4) is 0 Å². The molecule has 0 saturated heterocycles. The number of H-pyrrole nitrogens is 1. The second kappa shape index (κ2) is 8.98. The molecule has 8 nitrogen and oxygen atoms in total. The van der Waals surface area contributed by atoms with Crippen molar-refractivity contribution in [1.29, 1.82) is 0 Å². The van der Waals surface area contributed by atoms with Crippen LogP contribution in [0.2, 0.25) is 0 Å². The smallest absolute Gasteiger partial charge is 0.339 e. The van der Waals surface area contributed by atoms with E-state index in [0.717, 1.165) is 5.56 Å². The quantitative estimate of drug-likeness (QED) is 0.556. The lowest BCUT2D eigenvalue weighted by Crippen LogP contribution is -2.19. The lowest BCUT2D eigenvalue weighted by molar-refractivity contribution is -0.119. The van der Waals surface area contributed by atoms with Crippen LogP contribution in [-0.2, 0) is 20.8 Å². The van der Waals surface area contributed by atoms with Gasteiger partial charge in [-0.1, -0.05) is 12.1 Å². The van der Waals surface area contributed by atoms with Crippen molar-refractivity contribution < 1.29 is 28.7 Å². The van der Waals surface area contributed by atoms with Crippen LogP contribution in [0.15, 0.2) is 24.3 Å². The van der Waals surface area contributed by atoms with E-state index in [0.29, 0.717) is 23.4 Å². The highest BCUT2D eigenvalue weighted by molar-refractivity contribution is 6.03. The minimum absolute atomic E-state index is 0.146. The number of benzene rings is 1. The number of amides is 1. The molecule has 1 heterocycles. The zero-order valence-electron chi connectivity index (χ0n) is 16.2. The molecule has 0 fully saturated rings. The summed E-state index contributed by atoms with van der Waals surface area (Å²) in [4.78, 5) is 50.1. The third-order valence-corrected chi connectivity index (χ3v) is 4.17. The number of esters is 2. The molecule has 1 amide bonds. The molecule has 0 atom stereocenters. The van der Waals surface area contributed by atoms with Crippen molar-refractivity contribution in [1.82, 2.24) is 10.3 Å². The summed E-state index contributed by atoms with van der Waals surface area (Å²) in [6.45, 7) is 4.60. The molecule has 0 spiro atoms. The molecule has 0 radical (unpaired) electrons. The van der Waals surface area contributed by atoms with Crippen LogP contribution in [-0.4, -0.2) is 42.3 Å². The predicted octanol–water partition coefficient (Wildman–Crippen LogP) is 2.09. The van der Waals surface area contributed by atoms with Crippen LogP contribution >= 0.6 is 0 Å². The van der Waals surface area contributed by atoms with Gasteiger partial charge in [0, 0.05) is 19.2 Å². The van der Waals surface area contributed by atoms with Gasteiger partial charge in [0.15, 0.2) is 6.61 Å². The topological polar surface area (TPSA) is 115 Å². The number of methoxy groups -OCH3 is 1. The maximum atomic E-state index is 12.4. The van der Waals surface area contributed by atoms with Crippen molar-refractivity contribution in [2.24, 2.45) is 0 Å². The molecule has 2 aromatic rings. The minimum atomic E-state index is -0.645. The van der Waals surface area contributed by atoms with Crippen LogP contribution in [0.1, 0.15) is 54.9 Å². The fraction of sp³-hybridized carbons (Fsp3) is 0.300. The van der Waals surface area contributed by atoms with E-state index in [9.17, 15) is 19.2 Å². The standard InChI is InChI=1S/C20H22N2O6/c1-11-17(20(26)27-4)12(2)22-18(11)16(24)10-28-19(25)15-7-5-14(6-8-15)9-21-13(3)23/h5-8,22H,9-10H2,1-4H3,(H,21,23). The summed E-state index contributed by atoms with van der Waals surface area (Å²) in [7, 11) is 1.26. The first-order valence-corrected chi connectivity index (χ1v) is 8.55. The van der Waals surface area contributed by atoms with Gasteiger partial charge in [-0.25, -0.2) is 9.59 Å². The number of hydrogen-bond acceptors (Lipinski definition) is 6. The van der Waals surface area contributed by atoms with Gasteiger partial charge in [-0.15, -0.1) is 0 Å². The number of Topliss-reactive ketones (excluding diaryl/α,β-unsaturated/α-hetero) is 1. The monoisotopic (exact) mass is 386 g/mol. The number of hydrogen-bond donors (Lipinski definition) is 2. The second-order valence-electron chi connectivity index (χ2n) is 6.22. The van der Waals surface area contributed by atoms with E-state index in [-0.39, 0.29) is 17.2 Å².